The molecule has 0 heterocycles. The van der Waals surface area contributed by atoms with Gasteiger partial charge in [0.1, 0.15) is 0 Å². The van der Waals surface area contributed by atoms with Crippen LogP contribution in [-0.2, 0) is 14.0 Å². The molecule has 0 aromatic carbocycles. The fourth-order valence-electron chi connectivity index (χ4n) is 1.78. The second-order valence-corrected chi connectivity index (χ2v) is 12.1. The van der Waals surface area contributed by atoms with Crippen LogP contribution in [0.2, 0.25) is 18.1 Å². The molecule has 4 heteroatoms. The fourth-order valence-corrected chi connectivity index (χ4v) is 3.30. The number of ether oxygens (including phenoxy) is 1. The van der Waals surface area contributed by atoms with Gasteiger partial charge in [-0.3, -0.25) is 0 Å². The third-order valence-corrected chi connectivity index (χ3v) is 8.62. The van der Waals surface area contributed by atoms with E-state index in [1.54, 1.807) is 0 Å². The Morgan fingerprint density at radius 2 is 1.65 bits per heavy atom. The van der Waals surface area contributed by atoms with Crippen LogP contribution in [0.5, 0.6) is 0 Å². The lowest BCUT2D eigenvalue weighted by Gasteiger charge is -2.42. The molecular weight excluding hydrogens is 268 g/mol. The number of hydrogen-bond donors (Lipinski definition) is 0. The van der Waals surface area contributed by atoms with Gasteiger partial charge in [0, 0.05) is 6.08 Å². The molecule has 0 radical (unpaired) electrons. The first kappa shape index (κ1) is 19.4. The van der Waals surface area contributed by atoms with Gasteiger partial charge in [-0.2, -0.15) is 0 Å². The molecule has 20 heavy (non-hydrogen) atoms. The molecule has 118 valence electrons. The van der Waals surface area contributed by atoms with E-state index in [1.807, 2.05) is 6.08 Å². The third-order valence-electron chi connectivity index (χ3n) is 4.15. The summed E-state index contributed by atoms with van der Waals surface area (Å²) in [6.07, 6.45) is 3.51. The lowest BCUT2D eigenvalue weighted by molar-refractivity contribution is -0.134. The summed E-state index contributed by atoms with van der Waals surface area (Å²) in [6, 6.07) is 0. The maximum absolute atomic E-state index is 11.2. The minimum absolute atomic E-state index is 0.122. The highest BCUT2D eigenvalue weighted by atomic mass is 28.4. The average Bonchev–Trinajstić information content (AvgIpc) is 2.30. The van der Waals surface area contributed by atoms with Crippen LogP contribution >= 0.6 is 0 Å². The summed E-state index contributed by atoms with van der Waals surface area (Å²) in [6.45, 7) is 17.7. The molecule has 0 saturated carbocycles. The van der Waals surface area contributed by atoms with E-state index < -0.39 is 8.32 Å². The highest BCUT2D eigenvalue weighted by Gasteiger charge is 2.40. The summed E-state index contributed by atoms with van der Waals surface area (Å²) in [5, 5.41) is 0.186. The van der Waals surface area contributed by atoms with Crippen molar-refractivity contribution in [3.8, 4) is 0 Å². The predicted octanol–water partition coefficient (Wildman–Crippen LogP) is 4.40. The van der Waals surface area contributed by atoms with Gasteiger partial charge >= 0.3 is 5.97 Å². The molecule has 0 aliphatic carbocycles. The summed E-state index contributed by atoms with van der Waals surface area (Å²) >= 11 is 0. The maximum Gasteiger partial charge on any atom is 0.330 e. The number of hydrogen-bond acceptors (Lipinski definition) is 3. The van der Waals surface area contributed by atoms with Crippen molar-refractivity contribution in [1.29, 1.82) is 0 Å². The van der Waals surface area contributed by atoms with E-state index in [1.165, 1.54) is 13.2 Å². The first-order valence-corrected chi connectivity index (χ1v) is 10.3. The van der Waals surface area contributed by atoms with Gasteiger partial charge in [-0.15, -0.1) is 0 Å². The van der Waals surface area contributed by atoms with Crippen LogP contribution in [0.4, 0.5) is 0 Å². The number of carbonyl (C=O) groups is 1. The third kappa shape index (κ3) is 5.79. The summed E-state index contributed by atoms with van der Waals surface area (Å²) in [5.74, 6) is 0.274. The van der Waals surface area contributed by atoms with Gasteiger partial charge < -0.3 is 9.16 Å². The van der Waals surface area contributed by atoms with Crippen LogP contribution < -0.4 is 0 Å². The predicted molar refractivity (Wildman–Crippen MR) is 87.2 cm³/mol. The standard InChI is InChI=1S/C16H32O3Si/c1-12(2)15(13(3)10-11-14(17)18-7)19-20(8,9)16(4,5)6/h10-13,15H,1-9H3/b11-10+/t13-,15-/m0/s1. The lowest BCUT2D eigenvalue weighted by atomic mass is 9.94. The van der Waals surface area contributed by atoms with E-state index in [9.17, 15) is 4.79 Å². The smallest absolute Gasteiger partial charge is 0.330 e. The van der Waals surface area contributed by atoms with Crippen molar-refractivity contribution in [2.45, 2.75) is 65.8 Å². The zero-order valence-corrected chi connectivity index (χ0v) is 15.6. The Labute approximate surface area is 125 Å². The zero-order chi connectivity index (χ0) is 16.1. The number of esters is 1. The van der Waals surface area contributed by atoms with Crippen molar-refractivity contribution in [2.75, 3.05) is 7.11 Å². The highest BCUT2D eigenvalue weighted by Crippen LogP contribution is 2.39. The summed E-state index contributed by atoms with van der Waals surface area (Å²) in [5.41, 5.74) is 0. The van der Waals surface area contributed by atoms with Crippen molar-refractivity contribution in [3.05, 3.63) is 12.2 Å². The molecule has 0 amide bonds. The first-order chi connectivity index (χ1) is 8.92. The topological polar surface area (TPSA) is 35.5 Å². The summed E-state index contributed by atoms with van der Waals surface area (Å²) in [7, 11) is -0.416. The van der Waals surface area contributed by atoms with Gasteiger partial charge in [0.25, 0.3) is 0 Å². The van der Waals surface area contributed by atoms with Gasteiger partial charge in [-0.1, -0.05) is 47.6 Å². The van der Waals surface area contributed by atoms with E-state index in [-0.39, 0.29) is 23.0 Å². The second kappa shape index (κ2) is 7.41. The molecule has 0 N–H and O–H groups in total. The molecule has 0 saturated heterocycles. The second-order valence-electron chi connectivity index (χ2n) is 7.33. The molecule has 0 aromatic heterocycles. The van der Waals surface area contributed by atoms with Crippen LogP contribution in [0.1, 0.15) is 41.5 Å². The SMILES string of the molecule is COC(=O)/C=C/[C@H](C)[C@@H](O[Si](C)(C)C(C)(C)C)C(C)C. The molecule has 0 spiro atoms. The molecule has 0 aliphatic heterocycles. The van der Waals surface area contributed by atoms with E-state index in [4.69, 9.17) is 4.43 Å². The van der Waals surface area contributed by atoms with Crippen molar-refractivity contribution in [1.82, 2.24) is 0 Å². The zero-order valence-electron chi connectivity index (χ0n) is 14.6. The van der Waals surface area contributed by atoms with Crippen molar-refractivity contribution in [3.63, 3.8) is 0 Å². The number of methoxy groups -OCH3 is 1. The fraction of sp³-hybridized carbons (Fsp3) is 0.812. The van der Waals surface area contributed by atoms with Crippen LogP contribution in [-0.4, -0.2) is 27.5 Å². The number of rotatable bonds is 6. The molecule has 2 atom stereocenters. The molecule has 0 fully saturated rings. The average molecular weight is 301 g/mol. The Kier molecular flexibility index (Phi) is 7.18. The lowest BCUT2D eigenvalue weighted by Crippen LogP contribution is -2.46. The van der Waals surface area contributed by atoms with E-state index >= 15 is 0 Å². The molecule has 0 bridgehead atoms. The Bertz CT molecular complexity index is 340. The van der Waals surface area contributed by atoms with Crippen LogP contribution in [0.25, 0.3) is 0 Å². The summed E-state index contributed by atoms with van der Waals surface area (Å²) in [4.78, 5) is 11.2. The van der Waals surface area contributed by atoms with Crippen molar-refractivity contribution < 1.29 is 14.0 Å². The Morgan fingerprint density at radius 1 is 1.15 bits per heavy atom. The van der Waals surface area contributed by atoms with Crippen molar-refractivity contribution in [2.24, 2.45) is 11.8 Å². The van der Waals surface area contributed by atoms with Gasteiger partial charge in [0.05, 0.1) is 13.2 Å². The molecule has 0 unspecified atom stereocenters. The molecule has 0 rings (SSSR count). The Balaban J connectivity index is 4.99. The normalized spacial score (nSPS) is 16.5. The molecule has 0 aromatic rings. The van der Waals surface area contributed by atoms with Gasteiger partial charge in [0.15, 0.2) is 8.32 Å². The van der Waals surface area contributed by atoms with Crippen LogP contribution in [0, 0.1) is 11.8 Å². The highest BCUT2D eigenvalue weighted by molar-refractivity contribution is 6.74. The van der Waals surface area contributed by atoms with E-state index in [0.717, 1.165) is 0 Å². The van der Waals surface area contributed by atoms with Crippen LogP contribution in [0.3, 0.4) is 0 Å². The molecular formula is C16H32O3Si. The van der Waals surface area contributed by atoms with Crippen LogP contribution in [0.15, 0.2) is 12.2 Å². The quantitative estimate of drug-likeness (QED) is 0.414. The van der Waals surface area contributed by atoms with Gasteiger partial charge in [0.2, 0.25) is 0 Å². The molecule has 0 aliphatic rings. The maximum atomic E-state index is 11.2. The van der Waals surface area contributed by atoms with E-state index in [0.29, 0.717) is 5.92 Å². The summed E-state index contributed by atoms with van der Waals surface area (Å²) < 4.78 is 11.2. The molecule has 3 nitrogen and oxygen atoms in total. The Morgan fingerprint density at radius 3 is 2.00 bits per heavy atom. The number of carbonyl (C=O) groups excluding carboxylic acids is 1. The largest absolute Gasteiger partial charge is 0.466 e. The monoisotopic (exact) mass is 300 g/mol. The van der Waals surface area contributed by atoms with Crippen molar-refractivity contribution >= 4 is 14.3 Å². The van der Waals surface area contributed by atoms with E-state index in [2.05, 4.69) is 59.4 Å². The minimum Gasteiger partial charge on any atom is -0.466 e. The first-order valence-electron chi connectivity index (χ1n) is 7.36. The van der Waals surface area contributed by atoms with Gasteiger partial charge in [-0.05, 0) is 30.0 Å². The minimum atomic E-state index is -1.81. The van der Waals surface area contributed by atoms with Gasteiger partial charge in [-0.25, -0.2) is 4.79 Å². The Hall–Kier alpha value is -0.613.